The number of hydrogen-bond acceptors (Lipinski definition) is 6. The highest BCUT2D eigenvalue weighted by atomic mass is 19.4. The monoisotopic (exact) mass is 490 g/mol. The molecule has 0 amide bonds. The number of anilines is 1. The number of halogens is 3. The lowest BCUT2D eigenvalue weighted by Gasteiger charge is -2.46. The van der Waals surface area contributed by atoms with Gasteiger partial charge in [-0.05, 0) is 50.7 Å². The third kappa shape index (κ3) is 4.13. The van der Waals surface area contributed by atoms with Gasteiger partial charge in [0.15, 0.2) is 0 Å². The molecule has 2 N–H and O–H groups in total. The maximum atomic E-state index is 13.4. The summed E-state index contributed by atoms with van der Waals surface area (Å²) in [6.07, 6.45) is -0.791. The molecule has 4 aliphatic rings. The highest BCUT2D eigenvalue weighted by Gasteiger charge is 2.59. The second kappa shape index (κ2) is 8.45. The molecule has 7 nitrogen and oxygen atoms in total. The first-order chi connectivity index (χ1) is 16.7. The lowest BCUT2D eigenvalue weighted by molar-refractivity contribution is -0.137. The predicted octanol–water partition coefficient (Wildman–Crippen LogP) is 3.64. The highest BCUT2D eigenvalue weighted by Crippen LogP contribution is 2.64. The molecule has 2 aromatic heterocycles. The molecule has 2 unspecified atom stereocenters. The van der Waals surface area contributed by atoms with Gasteiger partial charge in [0.1, 0.15) is 5.82 Å². The summed E-state index contributed by atoms with van der Waals surface area (Å²) in [7, 11) is 0. The second-order valence-electron chi connectivity index (χ2n) is 10.9. The predicted molar refractivity (Wildman–Crippen MR) is 126 cm³/mol. The van der Waals surface area contributed by atoms with Gasteiger partial charge in [-0.15, -0.1) is 0 Å². The Morgan fingerprint density at radius 1 is 1.06 bits per heavy atom. The second-order valence-corrected chi connectivity index (χ2v) is 10.9. The van der Waals surface area contributed by atoms with Crippen molar-refractivity contribution >= 4 is 5.82 Å². The summed E-state index contributed by atoms with van der Waals surface area (Å²) in [5.41, 5.74) is 6.60. The third-order valence-corrected chi connectivity index (χ3v) is 8.52. The maximum absolute atomic E-state index is 13.4. The van der Waals surface area contributed by atoms with Crippen molar-refractivity contribution in [3.8, 4) is 11.3 Å². The van der Waals surface area contributed by atoms with Crippen molar-refractivity contribution in [1.82, 2.24) is 24.6 Å². The molecule has 2 aliphatic heterocycles. The number of aromatic nitrogens is 3. The van der Waals surface area contributed by atoms with Crippen LogP contribution in [-0.4, -0.2) is 76.0 Å². The minimum absolute atomic E-state index is 0.124. The molecule has 2 saturated heterocycles. The van der Waals surface area contributed by atoms with Gasteiger partial charge in [-0.25, -0.2) is 4.98 Å². The first kappa shape index (κ1) is 23.2. The maximum Gasteiger partial charge on any atom is 0.419 e. The van der Waals surface area contributed by atoms with Gasteiger partial charge in [0.05, 0.1) is 24.5 Å². The van der Waals surface area contributed by atoms with E-state index in [1.807, 2.05) is 10.7 Å². The fraction of sp³-hybridized carbons (Fsp3) is 0.680. The van der Waals surface area contributed by atoms with E-state index in [1.54, 1.807) is 0 Å². The summed E-state index contributed by atoms with van der Waals surface area (Å²) < 4.78 is 47.8. The average molecular weight is 491 g/mol. The summed E-state index contributed by atoms with van der Waals surface area (Å²) in [6.45, 7) is 10.2. The van der Waals surface area contributed by atoms with Crippen LogP contribution >= 0.6 is 0 Å². The number of fused-ring (bicyclic) bond motifs is 2. The van der Waals surface area contributed by atoms with Gasteiger partial charge in [0.2, 0.25) is 0 Å². The van der Waals surface area contributed by atoms with Crippen LogP contribution < -0.4 is 5.73 Å². The Kier molecular flexibility index (Phi) is 5.61. The molecule has 0 bridgehead atoms. The van der Waals surface area contributed by atoms with Crippen molar-refractivity contribution in [3.05, 3.63) is 29.6 Å². The van der Waals surface area contributed by atoms with Crippen molar-refractivity contribution in [2.75, 3.05) is 45.1 Å². The van der Waals surface area contributed by atoms with Crippen LogP contribution in [-0.2, 0) is 10.9 Å². The van der Waals surface area contributed by atoms with Gasteiger partial charge >= 0.3 is 6.18 Å². The standard InChI is InChI=1S/C25H33F3N6O/c1-14(2)34-22(10-21(31-34)15-7-20(25(26,27)28)24(29)30-11-15)23-18-8-16(9-19(18)23)33-4-3-32-5-6-35-13-17(32)12-33/h7,10-11,14,16-19,23H,3-6,8-9,12-13H2,1-2H3,(H2,29,30)/t16?,17?,18-,19+,23+. The Bertz CT molecular complexity index is 1090. The van der Waals surface area contributed by atoms with Crippen molar-refractivity contribution < 1.29 is 17.9 Å². The Balaban J connectivity index is 1.18. The first-order valence-electron chi connectivity index (χ1n) is 12.7. The number of alkyl halides is 3. The number of hydrogen-bond donors (Lipinski definition) is 1. The summed E-state index contributed by atoms with van der Waals surface area (Å²) in [6, 6.07) is 4.31. The molecule has 2 aliphatic carbocycles. The Hall–Kier alpha value is -2.17. The van der Waals surface area contributed by atoms with Crippen LogP contribution in [0.25, 0.3) is 11.3 Å². The summed E-state index contributed by atoms with van der Waals surface area (Å²) in [5, 5.41) is 4.71. The van der Waals surface area contributed by atoms with E-state index in [0.717, 1.165) is 51.2 Å². The first-order valence-corrected chi connectivity index (χ1v) is 12.7. The molecule has 35 heavy (non-hydrogen) atoms. The van der Waals surface area contributed by atoms with E-state index in [4.69, 9.17) is 15.6 Å². The van der Waals surface area contributed by atoms with Crippen LogP contribution in [0.15, 0.2) is 18.3 Å². The normalized spacial score (nSPS) is 31.5. The Morgan fingerprint density at radius 2 is 1.80 bits per heavy atom. The summed E-state index contributed by atoms with van der Waals surface area (Å²) in [5.74, 6) is 1.17. The van der Waals surface area contributed by atoms with Crippen LogP contribution in [0.5, 0.6) is 0 Å². The smallest absolute Gasteiger partial charge is 0.383 e. The van der Waals surface area contributed by atoms with Crippen molar-refractivity contribution in [1.29, 1.82) is 0 Å². The molecule has 6 rings (SSSR count). The van der Waals surface area contributed by atoms with E-state index < -0.39 is 17.6 Å². The third-order valence-electron chi connectivity index (χ3n) is 8.52. The lowest BCUT2D eigenvalue weighted by Crippen LogP contribution is -2.59. The summed E-state index contributed by atoms with van der Waals surface area (Å²) >= 11 is 0. The van der Waals surface area contributed by atoms with Crippen molar-refractivity contribution in [2.45, 2.75) is 56.9 Å². The van der Waals surface area contributed by atoms with Gasteiger partial charge in [0, 0.05) is 67.7 Å². The average Bonchev–Trinajstić information content (AvgIpc) is 3.16. The SMILES string of the molecule is CC(C)n1nc(-c2cnc(N)c(C(F)(F)F)c2)cc1[C@H]1[C@@H]2CC(N3CCN4CCOCC4C3)C[C@@H]21. The minimum Gasteiger partial charge on any atom is -0.383 e. The highest BCUT2D eigenvalue weighted by molar-refractivity contribution is 5.63. The minimum atomic E-state index is -4.55. The molecule has 0 radical (unpaired) electrons. The number of ether oxygens (including phenoxy) is 1. The quantitative estimate of drug-likeness (QED) is 0.706. The van der Waals surface area contributed by atoms with Crippen LogP contribution in [0.4, 0.5) is 19.0 Å². The van der Waals surface area contributed by atoms with Gasteiger partial charge in [-0.2, -0.15) is 18.3 Å². The lowest BCUT2D eigenvalue weighted by atomic mass is 10.0. The zero-order valence-electron chi connectivity index (χ0n) is 20.2. The molecule has 190 valence electrons. The number of rotatable bonds is 4. The van der Waals surface area contributed by atoms with E-state index >= 15 is 0 Å². The van der Waals surface area contributed by atoms with Gasteiger partial charge < -0.3 is 10.5 Å². The van der Waals surface area contributed by atoms with E-state index in [0.29, 0.717) is 41.1 Å². The molecule has 5 atom stereocenters. The number of nitrogen functional groups attached to an aromatic ring is 1. The fourth-order valence-electron chi connectivity index (χ4n) is 6.71. The van der Waals surface area contributed by atoms with Crippen LogP contribution in [0.3, 0.4) is 0 Å². The number of nitrogens with two attached hydrogens (primary N) is 1. The summed E-state index contributed by atoms with van der Waals surface area (Å²) in [4.78, 5) is 9.04. The Morgan fingerprint density at radius 3 is 2.51 bits per heavy atom. The van der Waals surface area contributed by atoms with E-state index in [-0.39, 0.29) is 6.04 Å². The van der Waals surface area contributed by atoms with Crippen molar-refractivity contribution in [3.63, 3.8) is 0 Å². The number of pyridine rings is 1. The van der Waals surface area contributed by atoms with Gasteiger partial charge in [-0.3, -0.25) is 14.5 Å². The largest absolute Gasteiger partial charge is 0.419 e. The molecular formula is C25H33F3N6O. The van der Waals surface area contributed by atoms with Crippen LogP contribution in [0.2, 0.25) is 0 Å². The van der Waals surface area contributed by atoms with E-state index in [1.165, 1.54) is 19.0 Å². The van der Waals surface area contributed by atoms with E-state index in [9.17, 15) is 13.2 Å². The zero-order chi connectivity index (χ0) is 24.5. The Labute approximate surface area is 203 Å². The fourth-order valence-corrected chi connectivity index (χ4v) is 6.71. The number of morpholine rings is 1. The zero-order valence-corrected chi connectivity index (χ0v) is 20.2. The molecule has 4 fully saturated rings. The molecule has 0 spiro atoms. The topological polar surface area (TPSA) is 72.4 Å². The van der Waals surface area contributed by atoms with E-state index in [2.05, 4.69) is 28.6 Å². The van der Waals surface area contributed by atoms with Crippen molar-refractivity contribution in [2.24, 2.45) is 11.8 Å². The molecule has 0 aromatic carbocycles. The number of piperazine rings is 1. The van der Waals surface area contributed by atoms with Gasteiger partial charge in [-0.1, -0.05) is 0 Å². The molecule has 2 aromatic rings. The number of nitrogens with zero attached hydrogens (tertiary/aromatic N) is 5. The van der Waals surface area contributed by atoms with Gasteiger partial charge in [0.25, 0.3) is 0 Å². The van der Waals surface area contributed by atoms with Crippen LogP contribution in [0, 0.1) is 11.8 Å². The molecule has 4 heterocycles. The van der Waals surface area contributed by atoms with Crippen LogP contribution in [0.1, 0.15) is 49.9 Å². The molecule has 10 heteroatoms. The molecular weight excluding hydrogens is 457 g/mol. The molecule has 2 saturated carbocycles.